The van der Waals surface area contributed by atoms with Crippen LogP contribution in [0, 0.1) is 13.8 Å². The van der Waals surface area contributed by atoms with Crippen molar-refractivity contribution in [1.29, 1.82) is 0 Å². The lowest BCUT2D eigenvalue weighted by Crippen LogP contribution is -1.82. The topological polar surface area (TPSA) is 20.2 Å². The van der Waals surface area contributed by atoms with Gasteiger partial charge in [0.2, 0.25) is 0 Å². The molecular formula is C14H18O. The average Bonchev–Trinajstić information content (AvgIpc) is 2.19. The number of benzene rings is 2. The minimum absolute atomic E-state index is 0.343. The summed E-state index contributed by atoms with van der Waals surface area (Å²) in [6.07, 6.45) is 0. The van der Waals surface area contributed by atoms with E-state index in [0.29, 0.717) is 5.75 Å². The zero-order chi connectivity index (χ0) is 11.4. The van der Waals surface area contributed by atoms with Gasteiger partial charge in [-0.05, 0) is 47.9 Å². The van der Waals surface area contributed by atoms with Gasteiger partial charge in [-0.3, -0.25) is 0 Å². The Morgan fingerprint density at radius 2 is 1.60 bits per heavy atom. The molecule has 1 N–H and O–H groups in total. The highest BCUT2D eigenvalue weighted by atomic mass is 16.3. The zero-order valence-electron chi connectivity index (χ0n) is 9.83. The normalized spacial score (nSPS) is 9.60. The highest BCUT2D eigenvalue weighted by Gasteiger charge is 2.01. The number of fused-ring (bicyclic) bond motifs is 1. The first-order chi connectivity index (χ1) is 7.18. The van der Waals surface area contributed by atoms with Gasteiger partial charge in [0.1, 0.15) is 5.75 Å². The van der Waals surface area contributed by atoms with E-state index in [4.69, 9.17) is 0 Å². The van der Waals surface area contributed by atoms with Crippen molar-refractivity contribution in [2.45, 2.75) is 27.7 Å². The SMILES string of the molecule is CC.Cc1cccc2cc(O)cc(C)c12. The number of phenolic OH excluding ortho intramolecular Hbond substituents is 1. The van der Waals surface area contributed by atoms with Crippen molar-refractivity contribution in [3.05, 3.63) is 41.5 Å². The Balaban J connectivity index is 0.000000531. The quantitative estimate of drug-likeness (QED) is 0.679. The van der Waals surface area contributed by atoms with E-state index in [1.165, 1.54) is 10.9 Å². The van der Waals surface area contributed by atoms with Crippen LogP contribution in [-0.4, -0.2) is 5.11 Å². The van der Waals surface area contributed by atoms with E-state index < -0.39 is 0 Å². The summed E-state index contributed by atoms with van der Waals surface area (Å²) < 4.78 is 0. The molecule has 80 valence electrons. The fourth-order valence-corrected chi connectivity index (χ4v) is 1.84. The molecule has 0 spiro atoms. The van der Waals surface area contributed by atoms with Gasteiger partial charge >= 0.3 is 0 Å². The van der Waals surface area contributed by atoms with Crippen LogP contribution in [0.4, 0.5) is 0 Å². The van der Waals surface area contributed by atoms with E-state index in [1.807, 2.05) is 32.9 Å². The molecule has 0 heterocycles. The van der Waals surface area contributed by atoms with Crippen molar-refractivity contribution in [3.8, 4) is 5.75 Å². The third-order valence-electron chi connectivity index (χ3n) is 2.37. The van der Waals surface area contributed by atoms with Crippen molar-refractivity contribution in [1.82, 2.24) is 0 Å². The van der Waals surface area contributed by atoms with Gasteiger partial charge < -0.3 is 5.11 Å². The van der Waals surface area contributed by atoms with Crippen molar-refractivity contribution >= 4 is 10.8 Å². The molecule has 2 aromatic rings. The predicted octanol–water partition coefficient (Wildman–Crippen LogP) is 4.19. The first-order valence-electron chi connectivity index (χ1n) is 5.37. The van der Waals surface area contributed by atoms with Gasteiger partial charge in [0.25, 0.3) is 0 Å². The standard InChI is InChI=1S/C12H12O.C2H6/c1-8-4-3-5-10-7-11(13)6-9(2)12(8)10;1-2/h3-7,13H,1-2H3;1-2H3. The summed E-state index contributed by atoms with van der Waals surface area (Å²) >= 11 is 0. The molecule has 0 atom stereocenters. The molecular weight excluding hydrogens is 184 g/mol. The fourth-order valence-electron chi connectivity index (χ4n) is 1.84. The van der Waals surface area contributed by atoms with Gasteiger partial charge in [-0.2, -0.15) is 0 Å². The molecule has 0 saturated carbocycles. The van der Waals surface area contributed by atoms with Gasteiger partial charge in [-0.25, -0.2) is 0 Å². The van der Waals surface area contributed by atoms with Crippen LogP contribution in [0.25, 0.3) is 10.8 Å². The number of hydrogen-bond acceptors (Lipinski definition) is 1. The van der Waals surface area contributed by atoms with E-state index in [2.05, 4.69) is 13.0 Å². The van der Waals surface area contributed by atoms with Crippen LogP contribution in [0.1, 0.15) is 25.0 Å². The third kappa shape index (κ3) is 2.30. The smallest absolute Gasteiger partial charge is 0.116 e. The van der Waals surface area contributed by atoms with E-state index in [1.54, 1.807) is 12.1 Å². The van der Waals surface area contributed by atoms with Crippen molar-refractivity contribution in [3.63, 3.8) is 0 Å². The molecule has 0 aliphatic carbocycles. The predicted molar refractivity (Wildman–Crippen MR) is 66.4 cm³/mol. The first-order valence-corrected chi connectivity index (χ1v) is 5.37. The van der Waals surface area contributed by atoms with Gasteiger partial charge in [0.15, 0.2) is 0 Å². The summed E-state index contributed by atoms with van der Waals surface area (Å²) in [6, 6.07) is 9.72. The highest BCUT2D eigenvalue weighted by Crippen LogP contribution is 2.26. The largest absolute Gasteiger partial charge is 0.508 e. The Bertz CT molecular complexity index is 458. The van der Waals surface area contributed by atoms with Gasteiger partial charge in [0.05, 0.1) is 0 Å². The highest BCUT2D eigenvalue weighted by molar-refractivity contribution is 5.89. The molecule has 0 bridgehead atoms. The van der Waals surface area contributed by atoms with Crippen LogP contribution in [0.15, 0.2) is 30.3 Å². The molecule has 0 saturated heterocycles. The number of aromatic hydroxyl groups is 1. The molecule has 0 fully saturated rings. The van der Waals surface area contributed by atoms with Crippen LogP contribution < -0.4 is 0 Å². The first kappa shape index (κ1) is 11.6. The summed E-state index contributed by atoms with van der Waals surface area (Å²) in [5, 5.41) is 11.8. The fraction of sp³-hybridized carbons (Fsp3) is 0.286. The van der Waals surface area contributed by atoms with Gasteiger partial charge in [-0.1, -0.05) is 32.0 Å². The maximum absolute atomic E-state index is 9.40. The molecule has 1 heteroatoms. The van der Waals surface area contributed by atoms with Gasteiger partial charge in [0, 0.05) is 0 Å². The molecule has 15 heavy (non-hydrogen) atoms. The molecule has 0 aliphatic heterocycles. The molecule has 0 aromatic heterocycles. The molecule has 2 rings (SSSR count). The molecule has 0 unspecified atom stereocenters. The minimum atomic E-state index is 0.343. The minimum Gasteiger partial charge on any atom is -0.508 e. The lowest BCUT2D eigenvalue weighted by atomic mass is 10.0. The van der Waals surface area contributed by atoms with E-state index in [9.17, 15) is 5.11 Å². The van der Waals surface area contributed by atoms with E-state index in [-0.39, 0.29) is 0 Å². The Morgan fingerprint density at radius 3 is 2.27 bits per heavy atom. The Morgan fingerprint density at radius 1 is 0.933 bits per heavy atom. The second-order valence-corrected chi connectivity index (χ2v) is 3.44. The molecule has 0 aliphatic rings. The van der Waals surface area contributed by atoms with E-state index in [0.717, 1.165) is 10.9 Å². The molecule has 0 radical (unpaired) electrons. The van der Waals surface area contributed by atoms with Crippen LogP contribution >= 0.6 is 0 Å². The molecule has 1 nitrogen and oxygen atoms in total. The van der Waals surface area contributed by atoms with Gasteiger partial charge in [-0.15, -0.1) is 0 Å². The second-order valence-electron chi connectivity index (χ2n) is 3.44. The third-order valence-corrected chi connectivity index (χ3v) is 2.37. The van der Waals surface area contributed by atoms with Crippen LogP contribution in [0.3, 0.4) is 0 Å². The Labute approximate surface area is 91.4 Å². The average molecular weight is 202 g/mol. The Hall–Kier alpha value is -1.50. The van der Waals surface area contributed by atoms with Crippen LogP contribution in [0.5, 0.6) is 5.75 Å². The number of hydrogen-bond donors (Lipinski definition) is 1. The maximum atomic E-state index is 9.40. The lowest BCUT2D eigenvalue weighted by molar-refractivity contribution is 0.476. The zero-order valence-corrected chi connectivity index (χ0v) is 9.83. The summed E-state index contributed by atoms with van der Waals surface area (Å²) in [5.74, 6) is 0.343. The maximum Gasteiger partial charge on any atom is 0.116 e. The lowest BCUT2D eigenvalue weighted by Gasteiger charge is -2.05. The summed E-state index contributed by atoms with van der Waals surface area (Å²) in [5.41, 5.74) is 2.39. The van der Waals surface area contributed by atoms with Crippen molar-refractivity contribution in [2.24, 2.45) is 0 Å². The van der Waals surface area contributed by atoms with Crippen molar-refractivity contribution < 1.29 is 5.11 Å². The number of aryl methyl sites for hydroxylation is 2. The second kappa shape index (κ2) is 4.83. The summed E-state index contributed by atoms with van der Waals surface area (Å²) in [7, 11) is 0. The van der Waals surface area contributed by atoms with Crippen molar-refractivity contribution in [2.75, 3.05) is 0 Å². The summed E-state index contributed by atoms with van der Waals surface area (Å²) in [4.78, 5) is 0. The summed E-state index contributed by atoms with van der Waals surface area (Å²) in [6.45, 7) is 8.11. The van der Waals surface area contributed by atoms with E-state index >= 15 is 0 Å². The van der Waals surface area contributed by atoms with Crippen LogP contribution in [0.2, 0.25) is 0 Å². The van der Waals surface area contributed by atoms with Crippen LogP contribution in [-0.2, 0) is 0 Å². The monoisotopic (exact) mass is 202 g/mol. The molecule has 2 aromatic carbocycles. The number of rotatable bonds is 0. The Kier molecular flexibility index (Phi) is 3.73. The number of phenols is 1. The molecule has 0 amide bonds.